The molecule has 2 heterocycles. The van der Waals surface area contributed by atoms with E-state index in [0.717, 1.165) is 17.0 Å². The SMILES string of the molecule is CCC(N)Cc1noc(-c2snnc2C(C)C)n1. The third-order valence-electron chi connectivity index (χ3n) is 2.69. The van der Waals surface area contributed by atoms with E-state index in [2.05, 4.69) is 33.6 Å². The van der Waals surface area contributed by atoms with E-state index >= 15 is 0 Å². The Morgan fingerprint density at radius 1 is 1.39 bits per heavy atom. The first kappa shape index (κ1) is 13.1. The normalized spacial score (nSPS) is 13.2. The molecule has 1 unspecified atom stereocenters. The lowest BCUT2D eigenvalue weighted by Crippen LogP contribution is -2.21. The summed E-state index contributed by atoms with van der Waals surface area (Å²) in [7, 11) is 0. The molecular formula is C11H17N5OS. The van der Waals surface area contributed by atoms with Crippen LogP contribution in [0.4, 0.5) is 0 Å². The molecule has 0 aliphatic heterocycles. The summed E-state index contributed by atoms with van der Waals surface area (Å²) in [5.41, 5.74) is 6.77. The molecule has 0 saturated heterocycles. The van der Waals surface area contributed by atoms with Gasteiger partial charge in [-0.1, -0.05) is 30.4 Å². The molecule has 98 valence electrons. The monoisotopic (exact) mass is 267 g/mol. The van der Waals surface area contributed by atoms with Gasteiger partial charge in [-0.15, -0.1) is 5.10 Å². The average molecular weight is 267 g/mol. The van der Waals surface area contributed by atoms with Gasteiger partial charge in [-0.2, -0.15) is 4.98 Å². The van der Waals surface area contributed by atoms with Crippen LogP contribution in [0.15, 0.2) is 4.52 Å². The van der Waals surface area contributed by atoms with Gasteiger partial charge < -0.3 is 10.3 Å². The molecule has 2 N–H and O–H groups in total. The van der Waals surface area contributed by atoms with E-state index in [4.69, 9.17) is 10.3 Å². The third kappa shape index (κ3) is 2.73. The molecule has 0 saturated carbocycles. The zero-order chi connectivity index (χ0) is 13.1. The van der Waals surface area contributed by atoms with Gasteiger partial charge in [0.25, 0.3) is 5.89 Å². The number of rotatable bonds is 5. The van der Waals surface area contributed by atoms with Crippen molar-refractivity contribution in [2.75, 3.05) is 0 Å². The first-order valence-electron chi connectivity index (χ1n) is 6.02. The van der Waals surface area contributed by atoms with Crippen molar-refractivity contribution in [3.63, 3.8) is 0 Å². The standard InChI is InChI=1S/C11H17N5OS/c1-4-7(12)5-8-13-11(17-15-8)10-9(6(2)3)14-16-18-10/h6-7H,4-5,12H2,1-3H3. The zero-order valence-electron chi connectivity index (χ0n) is 10.8. The molecule has 6 nitrogen and oxygen atoms in total. The van der Waals surface area contributed by atoms with Crippen LogP contribution in [-0.4, -0.2) is 25.8 Å². The zero-order valence-corrected chi connectivity index (χ0v) is 11.6. The summed E-state index contributed by atoms with van der Waals surface area (Å²) >= 11 is 1.28. The summed E-state index contributed by atoms with van der Waals surface area (Å²) in [6.07, 6.45) is 1.52. The summed E-state index contributed by atoms with van der Waals surface area (Å²) < 4.78 is 9.20. The average Bonchev–Trinajstić information content (AvgIpc) is 2.95. The van der Waals surface area contributed by atoms with Gasteiger partial charge in [-0.3, -0.25) is 0 Å². The predicted octanol–water partition coefficient (Wildman–Crippen LogP) is 1.99. The van der Waals surface area contributed by atoms with Gasteiger partial charge in [-0.25, -0.2) is 0 Å². The number of aromatic nitrogens is 4. The number of hydrogen-bond donors (Lipinski definition) is 1. The summed E-state index contributed by atoms with van der Waals surface area (Å²) in [6, 6.07) is 0.0691. The van der Waals surface area contributed by atoms with Crippen LogP contribution in [0.3, 0.4) is 0 Å². The minimum atomic E-state index is 0.0691. The molecule has 0 fully saturated rings. The predicted molar refractivity (Wildman–Crippen MR) is 69.3 cm³/mol. The second-order valence-electron chi connectivity index (χ2n) is 4.53. The molecule has 7 heteroatoms. The fourth-order valence-corrected chi connectivity index (χ4v) is 2.27. The van der Waals surface area contributed by atoms with Crippen LogP contribution < -0.4 is 5.73 Å². The van der Waals surface area contributed by atoms with Crippen molar-refractivity contribution in [1.29, 1.82) is 0 Å². The Labute approximate surface area is 110 Å². The quantitative estimate of drug-likeness (QED) is 0.890. The highest BCUT2D eigenvalue weighted by Gasteiger charge is 2.19. The van der Waals surface area contributed by atoms with Crippen molar-refractivity contribution < 1.29 is 4.52 Å². The highest BCUT2D eigenvalue weighted by Crippen LogP contribution is 2.29. The van der Waals surface area contributed by atoms with Crippen LogP contribution in [0.1, 0.15) is 44.6 Å². The molecule has 18 heavy (non-hydrogen) atoms. The van der Waals surface area contributed by atoms with E-state index in [1.165, 1.54) is 11.5 Å². The third-order valence-corrected chi connectivity index (χ3v) is 3.42. The number of nitrogens with zero attached hydrogens (tertiary/aromatic N) is 4. The topological polar surface area (TPSA) is 90.7 Å². The molecule has 2 aromatic rings. The molecule has 0 radical (unpaired) electrons. The minimum absolute atomic E-state index is 0.0691. The molecule has 0 aliphatic rings. The molecule has 0 aromatic carbocycles. The maximum Gasteiger partial charge on any atom is 0.271 e. The lowest BCUT2D eigenvalue weighted by atomic mass is 10.1. The van der Waals surface area contributed by atoms with Gasteiger partial charge >= 0.3 is 0 Å². The van der Waals surface area contributed by atoms with Crippen LogP contribution in [0, 0.1) is 0 Å². The van der Waals surface area contributed by atoms with Crippen LogP contribution in [-0.2, 0) is 6.42 Å². The Kier molecular flexibility index (Phi) is 4.03. The minimum Gasteiger partial charge on any atom is -0.333 e. The van der Waals surface area contributed by atoms with E-state index < -0.39 is 0 Å². The van der Waals surface area contributed by atoms with E-state index in [9.17, 15) is 0 Å². The van der Waals surface area contributed by atoms with E-state index in [0.29, 0.717) is 18.1 Å². The molecule has 0 spiro atoms. The lowest BCUT2D eigenvalue weighted by molar-refractivity contribution is 0.419. The second kappa shape index (κ2) is 5.53. The molecule has 2 aromatic heterocycles. The Bertz CT molecular complexity index is 507. The second-order valence-corrected chi connectivity index (χ2v) is 5.28. The van der Waals surface area contributed by atoms with Crippen molar-refractivity contribution in [3.8, 4) is 10.8 Å². The van der Waals surface area contributed by atoms with Gasteiger partial charge in [0, 0.05) is 12.5 Å². The van der Waals surface area contributed by atoms with Gasteiger partial charge in [-0.05, 0) is 23.9 Å². The fraction of sp³-hybridized carbons (Fsp3) is 0.636. The molecule has 0 bridgehead atoms. The lowest BCUT2D eigenvalue weighted by Gasteiger charge is -2.02. The van der Waals surface area contributed by atoms with Crippen molar-refractivity contribution in [2.45, 2.75) is 45.6 Å². The summed E-state index contributed by atoms with van der Waals surface area (Å²) in [6.45, 7) is 6.16. The van der Waals surface area contributed by atoms with Crippen molar-refractivity contribution in [1.82, 2.24) is 19.7 Å². The van der Waals surface area contributed by atoms with Crippen LogP contribution in [0.25, 0.3) is 10.8 Å². The van der Waals surface area contributed by atoms with Crippen LogP contribution >= 0.6 is 11.5 Å². The first-order chi connectivity index (χ1) is 8.61. The largest absolute Gasteiger partial charge is 0.333 e. The summed E-state index contributed by atoms with van der Waals surface area (Å²) in [5.74, 6) is 1.42. The van der Waals surface area contributed by atoms with Crippen molar-refractivity contribution in [3.05, 3.63) is 11.5 Å². The Morgan fingerprint density at radius 3 is 2.83 bits per heavy atom. The molecular weight excluding hydrogens is 250 g/mol. The Morgan fingerprint density at radius 2 is 2.17 bits per heavy atom. The molecule has 0 aliphatic carbocycles. The highest BCUT2D eigenvalue weighted by molar-refractivity contribution is 7.09. The molecule has 1 atom stereocenters. The first-order valence-corrected chi connectivity index (χ1v) is 6.80. The highest BCUT2D eigenvalue weighted by atomic mass is 32.1. The van der Waals surface area contributed by atoms with Crippen molar-refractivity contribution in [2.24, 2.45) is 5.73 Å². The fourth-order valence-electron chi connectivity index (χ4n) is 1.53. The Balaban J connectivity index is 2.21. The Hall–Kier alpha value is -1.34. The maximum atomic E-state index is 5.87. The van der Waals surface area contributed by atoms with Gasteiger partial charge in [0.15, 0.2) is 5.82 Å². The van der Waals surface area contributed by atoms with Crippen molar-refractivity contribution >= 4 is 11.5 Å². The molecule has 0 amide bonds. The van der Waals surface area contributed by atoms with Gasteiger partial charge in [0.1, 0.15) is 4.88 Å². The molecule has 2 rings (SSSR count). The number of hydrogen-bond acceptors (Lipinski definition) is 7. The van der Waals surface area contributed by atoms with E-state index in [1.54, 1.807) is 0 Å². The van der Waals surface area contributed by atoms with Crippen LogP contribution in [0.2, 0.25) is 0 Å². The van der Waals surface area contributed by atoms with E-state index in [1.807, 2.05) is 6.92 Å². The van der Waals surface area contributed by atoms with Gasteiger partial charge in [0.05, 0.1) is 5.69 Å². The van der Waals surface area contributed by atoms with Crippen LogP contribution in [0.5, 0.6) is 0 Å². The summed E-state index contributed by atoms with van der Waals surface area (Å²) in [5, 5.41) is 8.04. The van der Waals surface area contributed by atoms with Gasteiger partial charge in [0.2, 0.25) is 0 Å². The maximum absolute atomic E-state index is 5.87. The van der Waals surface area contributed by atoms with E-state index in [-0.39, 0.29) is 12.0 Å². The smallest absolute Gasteiger partial charge is 0.271 e. The number of nitrogens with two attached hydrogens (primary N) is 1. The summed E-state index contributed by atoms with van der Waals surface area (Å²) in [4.78, 5) is 5.21.